The zero-order valence-electron chi connectivity index (χ0n) is 13.1. The largest absolute Gasteiger partial charge is 0.476 e. The average Bonchev–Trinajstić information content (AvgIpc) is 2.40. The molecule has 0 aliphatic carbocycles. The Hall–Kier alpha value is -0.360. The number of aldehydes is 1. The molecule has 0 aromatic carbocycles. The summed E-state index contributed by atoms with van der Waals surface area (Å²) in [5.74, 6) is 0.0709. The molecule has 0 fully saturated rings. The fourth-order valence-electron chi connectivity index (χ4n) is 2.05. The van der Waals surface area contributed by atoms with Crippen LogP contribution in [0.2, 0.25) is 0 Å². The molecule has 23 heavy (non-hydrogen) atoms. The Balaban J connectivity index is 3.62. The van der Waals surface area contributed by atoms with Gasteiger partial charge < -0.3 is 19.5 Å². The third-order valence-electron chi connectivity index (χ3n) is 3.16. The third kappa shape index (κ3) is 16.3. The number of hydrogen-bond donors (Lipinski definition) is 3. The van der Waals surface area contributed by atoms with Crippen molar-refractivity contribution in [3.8, 4) is 0 Å². The highest BCUT2D eigenvalue weighted by atomic mass is 31.3. The summed E-state index contributed by atoms with van der Waals surface area (Å²) in [6, 6.07) is 0. The van der Waals surface area contributed by atoms with Gasteiger partial charge in [-0.1, -0.05) is 19.3 Å². The molecule has 8 nitrogen and oxygen atoms in total. The second kappa shape index (κ2) is 12.1. The van der Waals surface area contributed by atoms with Gasteiger partial charge in [-0.05, 0) is 25.7 Å². The van der Waals surface area contributed by atoms with Crippen LogP contribution in [0.1, 0.15) is 64.2 Å². The summed E-state index contributed by atoms with van der Waals surface area (Å²) in [5, 5.41) is 0. The van der Waals surface area contributed by atoms with Crippen LogP contribution in [-0.2, 0) is 23.0 Å². The Labute approximate surface area is 136 Å². The van der Waals surface area contributed by atoms with Crippen LogP contribution in [-0.4, -0.2) is 32.9 Å². The van der Waals surface area contributed by atoms with Gasteiger partial charge in [0.05, 0.1) is 6.16 Å². The van der Waals surface area contributed by atoms with Crippen molar-refractivity contribution in [1.82, 2.24) is 0 Å². The summed E-state index contributed by atoms with van der Waals surface area (Å²) in [7, 11) is -9.30. The first-order valence-electron chi connectivity index (χ1n) is 7.70. The minimum Gasteiger partial charge on any atom is -0.324 e. The summed E-state index contributed by atoms with van der Waals surface area (Å²) in [5.41, 5.74) is 0. The van der Waals surface area contributed by atoms with Crippen LogP contribution < -0.4 is 0 Å². The van der Waals surface area contributed by atoms with Gasteiger partial charge in [-0.3, -0.25) is 9.36 Å². The van der Waals surface area contributed by atoms with Gasteiger partial charge in [-0.2, -0.15) is 0 Å². The summed E-state index contributed by atoms with van der Waals surface area (Å²) in [6.07, 6.45) is 7.00. The molecule has 0 spiro atoms. The highest BCUT2D eigenvalue weighted by Gasteiger charge is 2.29. The molecule has 0 heterocycles. The monoisotopic (exact) mass is 372 g/mol. The number of unbranched alkanes of at least 4 members (excludes halogenated alkanes) is 6. The van der Waals surface area contributed by atoms with E-state index in [0.29, 0.717) is 19.3 Å². The molecule has 1 unspecified atom stereocenters. The number of ketones is 1. The Morgan fingerprint density at radius 3 is 1.96 bits per heavy atom. The molecule has 0 amide bonds. The number of hydrogen-bond acceptors (Lipinski definition) is 5. The maximum absolute atomic E-state index is 11.6. The van der Waals surface area contributed by atoms with Crippen LogP contribution >= 0.6 is 15.4 Å². The van der Waals surface area contributed by atoms with E-state index < -0.39 is 15.4 Å². The molecule has 0 bridgehead atoms. The molecule has 136 valence electrons. The van der Waals surface area contributed by atoms with Gasteiger partial charge in [0.2, 0.25) is 0 Å². The summed E-state index contributed by atoms with van der Waals surface area (Å²) < 4.78 is 25.6. The molecule has 0 radical (unpaired) electrons. The lowest BCUT2D eigenvalue weighted by molar-refractivity contribution is -0.119. The molecule has 0 aliphatic rings. The predicted molar refractivity (Wildman–Crippen MR) is 85.1 cm³/mol. The van der Waals surface area contributed by atoms with Crippen LogP contribution in [0.3, 0.4) is 0 Å². The lowest BCUT2D eigenvalue weighted by atomic mass is 10.1. The normalized spacial score (nSPS) is 14.4. The first-order chi connectivity index (χ1) is 10.7. The van der Waals surface area contributed by atoms with Crippen LogP contribution in [0, 0.1) is 0 Å². The van der Waals surface area contributed by atoms with Crippen molar-refractivity contribution in [2.24, 2.45) is 0 Å². The van der Waals surface area contributed by atoms with Gasteiger partial charge in [0.15, 0.2) is 0 Å². The first kappa shape index (κ1) is 22.6. The zero-order chi connectivity index (χ0) is 17.8. The van der Waals surface area contributed by atoms with Gasteiger partial charge in [-0.15, -0.1) is 0 Å². The number of Topliss-reactive ketones (excluding diaryl/α,β-unsaturated/α-hetero) is 1. The average molecular weight is 372 g/mol. The van der Waals surface area contributed by atoms with E-state index in [0.717, 1.165) is 38.4 Å². The van der Waals surface area contributed by atoms with Crippen molar-refractivity contribution < 1.29 is 37.7 Å². The van der Waals surface area contributed by atoms with E-state index in [9.17, 15) is 23.6 Å². The molecular weight excluding hydrogens is 346 g/mol. The SMILES string of the molecule is O=CCCCCCCCC(=O)CCCCP(=O)(O)OP(=O)(O)O. The third-order valence-corrected chi connectivity index (χ3v) is 5.91. The van der Waals surface area contributed by atoms with Crippen molar-refractivity contribution in [2.45, 2.75) is 64.2 Å². The molecule has 10 heteroatoms. The highest BCUT2D eigenvalue weighted by molar-refractivity contribution is 7.63. The summed E-state index contributed by atoms with van der Waals surface area (Å²) in [6.45, 7) is 0. The molecule has 0 saturated carbocycles. The Morgan fingerprint density at radius 2 is 1.39 bits per heavy atom. The second-order valence-electron chi connectivity index (χ2n) is 5.40. The number of carbonyl (C=O) groups is 2. The number of carbonyl (C=O) groups excluding carboxylic acids is 2. The first-order valence-corrected chi connectivity index (χ1v) is 11.0. The van der Waals surface area contributed by atoms with Crippen molar-refractivity contribution in [1.29, 1.82) is 0 Å². The molecule has 0 aliphatic heterocycles. The van der Waals surface area contributed by atoms with Crippen molar-refractivity contribution in [2.75, 3.05) is 6.16 Å². The van der Waals surface area contributed by atoms with E-state index in [1.165, 1.54) is 0 Å². The van der Waals surface area contributed by atoms with Crippen LogP contribution in [0.25, 0.3) is 0 Å². The lowest BCUT2D eigenvalue weighted by Crippen LogP contribution is -1.99. The Morgan fingerprint density at radius 1 is 0.870 bits per heavy atom. The van der Waals surface area contributed by atoms with Gasteiger partial charge in [-0.25, -0.2) is 8.88 Å². The maximum Gasteiger partial charge on any atom is 0.476 e. The highest BCUT2D eigenvalue weighted by Crippen LogP contribution is 2.57. The standard InChI is InChI=1S/C13H26O8P2/c14-11-7-4-2-1-3-5-9-13(15)10-6-8-12-22(16,17)21-23(18,19)20/h11H,1-10,12H2,(H,16,17)(H2,18,19,20). The van der Waals surface area contributed by atoms with Crippen molar-refractivity contribution in [3.63, 3.8) is 0 Å². The number of phosphoric acid groups is 1. The van der Waals surface area contributed by atoms with E-state index in [1.807, 2.05) is 0 Å². The van der Waals surface area contributed by atoms with Crippen LogP contribution in [0.15, 0.2) is 0 Å². The fourth-order valence-corrected chi connectivity index (χ4v) is 4.33. The minimum absolute atomic E-state index is 0.0709. The molecule has 1 atom stereocenters. The summed E-state index contributed by atoms with van der Waals surface area (Å²) in [4.78, 5) is 47.9. The fraction of sp³-hybridized carbons (Fsp3) is 0.846. The maximum atomic E-state index is 11.6. The molecule has 0 saturated heterocycles. The van der Waals surface area contributed by atoms with Crippen molar-refractivity contribution >= 4 is 27.5 Å². The minimum atomic E-state index is -4.98. The quantitative estimate of drug-likeness (QED) is 0.227. The zero-order valence-corrected chi connectivity index (χ0v) is 14.9. The summed E-state index contributed by atoms with van der Waals surface area (Å²) >= 11 is 0. The van der Waals surface area contributed by atoms with Crippen molar-refractivity contribution in [3.05, 3.63) is 0 Å². The van der Waals surface area contributed by atoms with E-state index in [-0.39, 0.29) is 24.8 Å². The molecule has 0 rings (SSSR count). The van der Waals surface area contributed by atoms with E-state index in [1.54, 1.807) is 0 Å². The van der Waals surface area contributed by atoms with Crippen LogP contribution in [0.4, 0.5) is 0 Å². The topological polar surface area (TPSA) is 138 Å². The smallest absolute Gasteiger partial charge is 0.324 e. The lowest BCUT2D eigenvalue weighted by Gasteiger charge is -2.11. The Kier molecular flexibility index (Phi) is 11.9. The predicted octanol–water partition coefficient (Wildman–Crippen LogP) is 2.95. The van der Waals surface area contributed by atoms with E-state index in [4.69, 9.17) is 9.79 Å². The molecular formula is C13H26O8P2. The Bertz CT molecular complexity index is 445. The van der Waals surface area contributed by atoms with E-state index in [2.05, 4.69) is 4.31 Å². The molecule has 0 aromatic rings. The van der Waals surface area contributed by atoms with Crippen LogP contribution in [0.5, 0.6) is 0 Å². The van der Waals surface area contributed by atoms with Gasteiger partial charge in [0, 0.05) is 19.3 Å². The number of rotatable bonds is 15. The molecule has 0 aromatic heterocycles. The second-order valence-corrected chi connectivity index (χ2v) is 8.76. The van der Waals surface area contributed by atoms with Gasteiger partial charge >= 0.3 is 15.4 Å². The van der Waals surface area contributed by atoms with E-state index >= 15 is 0 Å². The van der Waals surface area contributed by atoms with Gasteiger partial charge in [0.25, 0.3) is 0 Å². The van der Waals surface area contributed by atoms with Gasteiger partial charge in [0.1, 0.15) is 12.1 Å². The molecule has 3 N–H and O–H groups in total.